The number of hydrogen-bond acceptors (Lipinski definition) is 4. The van der Waals surface area contributed by atoms with E-state index < -0.39 is 21.4 Å². The average molecular weight is 414 g/mol. The van der Waals surface area contributed by atoms with Gasteiger partial charge in [-0.05, 0) is 41.1 Å². The molecule has 0 aliphatic rings. The molecule has 2 aromatic carbocycles. The molecule has 2 heterocycles. The second-order valence-electron chi connectivity index (χ2n) is 7.61. The number of fused-ring (bicyclic) bond motifs is 2. The lowest BCUT2D eigenvalue weighted by Gasteiger charge is -2.17. The summed E-state index contributed by atoms with van der Waals surface area (Å²) in [6.45, 7) is 3.93. The van der Waals surface area contributed by atoms with Gasteiger partial charge in [-0.1, -0.05) is 19.9 Å². The van der Waals surface area contributed by atoms with Crippen LogP contribution in [-0.2, 0) is 9.73 Å². The van der Waals surface area contributed by atoms with Crippen molar-refractivity contribution in [2.75, 3.05) is 12.5 Å². The van der Waals surface area contributed by atoms with Crippen LogP contribution in [0.5, 0.6) is 0 Å². The summed E-state index contributed by atoms with van der Waals surface area (Å²) < 4.78 is 44.4. The van der Waals surface area contributed by atoms with Crippen molar-refractivity contribution in [3.05, 3.63) is 53.9 Å². The van der Waals surface area contributed by atoms with Crippen LogP contribution in [0.25, 0.3) is 32.8 Å². The highest BCUT2D eigenvalue weighted by molar-refractivity contribution is 7.92. The second kappa shape index (κ2) is 6.88. The zero-order chi connectivity index (χ0) is 20.9. The summed E-state index contributed by atoms with van der Waals surface area (Å²) in [4.78, 5) is 4.71. The maximum Gasteiger partial charge on any atom is 0.169 e. The fourth-order valence-electron chi connectivity index (χ4n) is 3.40. The largest absolute Gasteiger partial charge is 0.278 e. The second-order valence-corrected chi connectivity index (χ2v) is 10.2. The third kappa shape index (κ3) is 3.60. The molecular formula is C21H20F2N4OS. The average Bonchev–Trinajstić information content (AvgIpc) is 3.08. The lowest BCUT2D eigenvalue weighted by Crippen LogP contribution is -2.01. The lowest BCUT2D eigenvalue weighted by atomic mass is 9.92. The monoisotopic (exact) mass is 414 g/mol. The van der Waals surface area contributed by atoms with E-state index in [0.717, 1.165) is 22.4 Å². The number of halogens is 2. The van der Waals surface area contributed by atoms with Gasteiger partial charge in [0.2, 0.25) is 0 Å². The first-order valence-electron chi connectivity index (χ1n) is 9.07. The van der Waals surface area contributed by atoms with Crippen LogP contribution in [0.1, 0.15) is 25.5 Å². The van der Waals surface area contributed by atoms with Gasteiger partial charge in [0.05, 0.1) is 17.4 Å². The summed E-state index contributed by atoms with van der Waals surface area (Å²) in [5.41, 5.74) is 2.68. The number of nitrogens with one attached hydrogen (secondary N) is 1. The highest BCUT2D eigenvalue weighted by Crippen LogP contribution is 2.40. The topological polar surface area (TPSA) is 71.0 Å². The van der Waals surface area contributed by atoms with Gasteiger partial charge in [0, 0.05) is 38.6 Å². The van der Waals surface area contributed by atoms with Crippen molar-refractivity contribution in [3.63, 3.8) is 0 Å². The van der Waals surface area contributed by atoms with Crippen LogP contribution in [-0.4, -0.2) is 31.9 Å². The van der Waals surface area contributed by atoms with Crippen molar-refractivity contribution in [3.8, 4) is 11.1 Å². The molecule has 0 saturated carbocycles. The Labute approximate surface area is 167 Å². The van der Waals surface area contributed by atoms with Crippen molar-refractivity contribution >= 4 is 37.2 Å². The number of rotatable bonds is 3. The first-order valence-corrected chi connectivity index (χ1v) is 11.4. The van der Waals surface area contributed by atoms with Gasteiger partial charge in [-0.3, -0.25) is 5.10 Å². The quantitative estimate of drug-likeness (QED) is 0.478. The van der Waals surface area contributed by atoms with Crippen LogP contribution in [0.3, 0.4) is 0 Å². The van der Waals surface area contributed by atoms with Crippen molar-refractivity contribution in [1.29, 1.82) is 0 Å². The summed E-state index contributed by atoms with van der Waals surface area (Å²) >= 11 is 0. The van der Waals surface area contributed by atoms with Crippen LogP contribution < -0.4 is 0 Å². The Bertz CT molecular complexity index is 1380. The Kier molecular flexibility index (Phi) is 4.61. The number of benzene rings is 2. The molecule has 0 aliphatic carbocycles. The Morgan fingerprint density at radius 2 is 1.83 bits per heavy atom. The normalized spacial score (nSPS) is 12.2. The van der Waals surface area contributed by atoms with E-state index in [1.165, 1.54) is 6.07 Å². The van der Waals surface area contributed by atoms with E-state index in [0.29, 0.717) is 28.0 Å². The van der Waals surface area contributed by atoms with Crippen LogP contribution in [0.2, 0.25) is 0 Å². The van der Waals surface area contributed by atoms with E-state index in [2.05, 4.69) is 14.6 Å². The zero-order valence-electron chi connectivity index (χ0n) is 16.5. The molecule has 8 heteroatoms. The Morgan fingerprint density at radius 1 is 1.07 bits per heavy atom. The molecule has 0 atom stereocenters. The lowest BCUT2D eigenvalue weighted by molar-refractivity contribution is 0.509. The van der Waals surface area contributed by atoms with Gasteiger partial charge in [0.25, 0.3) is 0 Å². The number of H-pyrrole nitrogens is 1. The van der Waals surface area contributed by atoms with Gasteiger partial charge in [-0.15, -0.1) is 0 Å². The highest BCUT2D eigenvalue weighted by atomic mass is 32.2. The molecule has 5 nitrogen and oxygen atoms in total. The first kappa shape index (κ1) is 19.4. The maximum atomic E-state index is 14.0. The molecule has 0 bridgehead atoms. The van der Waals surface area contributed by atoms with Crippen LogP contribution in [0.15, 0.2) is 40.9 Å². The van der Waals surface area contributed by atoms with Crippen molar-refractivity contribution in [2.45, 2.75) is 19.8 Å². The van der Waals surface area contributed by atoms with Gasteiger partial charge in [0.1, 0.15) is 0 Å². The van der Waals surface area contributed by atoms with Crippen molar-refractivity contribution in [2.24, 2.45) is 4.36 Å². The molecule has 0 unspecified atom stereocenters. The van der Waals surface area contributed by atoms with Gasteiger partial charge < -0.3 is 0 Å². The minimum absolute atomic E-state index is 0.0266. The molecule has 0 amide bonds. The Hall–Kier alpha value is -2.87. The summed E-state index contributed by atoms with van der Waals surface area (Å²) in [5, 5.41) is 9.29. The first-order chi connectivity index (χ1) is 13.6. The Morgan fingerprint density at radius 3 is 2.48 bits per heavy atom. The van der Waals surface area contributed by atoms with Gasteiger partial charge in [0.15, 0.2) is 17.5 Å². The standard InChI is InChI=1S/C21H20F2N4OS/c1-11(2)20-19(12-5-6-16(22)17(23)8-12)14-7-13-10-24-26-18(13)9-15(14)21(25-20)27-29(3,4)28/h5-11H,1-4H3,(H,24,26). The number of nitrogens with zero attached hydrogens (tertiary/aromatic N) is 3. The predicted molar refractivity (Wildman–Crippen MR) is 113 cm³/mol. The molecule has 0 spiro atoms. The molecule has 4 aromatic rings. The fourth-order valence-corrected chi connectivity index (χ4v) is 3.96. The minimum Gasteiger partial charge on any atom is -0.278 e. The molecule has 0 radical (unpaired) electrons. The molecule has 2 aromatic heterocycles. The third-order valence-corrected chi connectivity index (χ3v) is 5.25. The Balaban J connectivity index is 2.21. The molecule has 0 aliphatic heterocycles. The van der Waals surface area contributed by atoms with Crippen molar-refractivity contribution in [1.82, 2.24) is 15.2 Å². The van der Waals surface area contributed by atoms with Crippen molar-refractivity contribution < 1.29 is 13.0 Å². The van der Waals surface area contributed by atoms with Gasteiger partial charge in [-0.25, -0.2) is 18.0 Å². The fraction of sp³-hybridized carbons (Fsp3) is 0.238. The SMILES string of the molecule is CC(C)c1nc(N=S(C)(C)=O)c2cc3[nH]ncc3cc2c1-c1ccc(F)c(F)c1. The highest BCUT2D eigenvalue weighted by Gasteiger charge is 2.20. The maximum absolute atomic E-state index is 14.0. The number of aromatic nitrogens is 3. The third-order valence-electron chi connectivity index (χ3n) is 4.63. The van der Waals surface area contributed by atoms with E-state index in [4.69, 9.17) is 4.98 Å². The summed E-state index contributed by atoms with van der Waals surface area (Å²) in [7, 11) is -2.46. The summed E-state index contributed by atoms with van der Waals surface area (Å²) in [6.07, 6.45) is 4.79. The number of pyridine rings is 1. The van der Waals surface area contributed by atoms with E-state index in [-0.39, 0.29) is 5.92 Å². The molecule has 0 fully saturated rings. The zero-order valence-corrected chi connectivity index (χ0v) is 17.3. The predicted octanol–water partition coefficient (Wildman–Crippen LogP) is 5.54. The smallest absolute Gasteiger partial charge is 0.169 e. The van der Waals surface area contributed by atoms with E-state index >= 15 is 0 Å². The molecule has 150 valence electrons. The van der Waals surface area contributed by atoms with Crippen LogP contribution in [0, 0.1) is 11.6 Å². The summed E-state index contributed by atoms with van der Waals surface area (Å²) in [6, 6.07) is 7.60. The van der Waals surface area contributed by atoms with Gasteiger partial charge >= 0.3 is 0 Å². The van der Waals surface area contributed by atoms with Crippen LogP contribution in [0.4, 0.5) is 14.6 Å². The molecule has 4 rings (SSSR count). The molecule has 1 N–H and O–H groups in total. The van der Waals surface area contributed by atoms with E-state index in [9.17, 15) is 13.0 Å². The minimum atomic E-state index is -2.46. The van der Waals surface area contributed by atoms with E-state index in [1.54, 1.807) is 24.8 Å². The number of hydrogen-bond donors (Lipinski definition) is 1. The van der Waals surface area contributed by atoms with Gasteiger partial charge in [-0.2, -0.15) is 9.46 Å². The molecule has 0 saturated heterocycles. The van der Waals surface area contributed by atoms with Crippen LogP contribution >= 0.6 is 0 Å². The number of aromatic amines is 1. The summed E-state index contributed by atoms with van der Waals surface area (Å²) in [5.74, 6) is -1.49. The molecule has 29 heavy (non-hydrogen) atoms. The molecular weight excluding hydrogens is 394 g/mol. The van der Waals surface area contributed by atoms with E-state index in [1.807, 2.05) is 26.0 Å².